The number of hydrogen-bond donors (Lipinski definition) is 1. The summed E-state index contributed by atoms with van der Waals surface area (Å²) in [6.45, 7) is 0. The Morgan fingerprint density at radius 3 is 0.806 bits per heavy atom. The summed E-state index contributed by atoms with van der Waals surface area (Å²) in [5.41, 5.74) is 3.67. The Hall–Kier alpha value is -8.12. The lowest BCUT2D eigenvalue weighted by molar-refractivity contribution is -0.158. The van der Waals surface area contributed by atoms with Crippen molar-refractivity contribution >= 4 is 11.9 Å². The van der Waals surface area contributed by atoms with Crippen molar-refractivity contribution in [3.8, 4) is 0 Å². The first kappa shape index (κ1) is 44.1. The quantitative estimate of drug-likeness (QED) is 0.0729. The summed E-state index contributed by atoms with van der Waals surface area (Å²) in [5, 5.41) is 3.92. The van der Waals surface area contributed by atoms with Crippen molar-refractivity contribution in [2.75, 3.05) is 0 Å². The number of nitrogens with one attached hydrogen (secondary N) is 1. The highest BCUT2D eigenvalue weighted by atomic mass is 16.6. The van der Waals surface area contributed by atoms with Crippen LogP contribution in [0.5, 0.6) is 0 Å². The SMILES string of the molecule is O=C(CCC(NC(c1ccccc1)(c1ccccc1)c1ccccc1)C(=O)OC(c1ccccc1)(c1ccccc1)c1ccccc1)OC(c1ccccc1)(c1ccccc1)c1ccccc1. The van der Waals surface area contributed by atoms with Crippen molar-refractivity contribution in [3.63, 3.8) is 0 Å². The maximum Gasteiger partial charge on any atom is 0.324 e. The van der Waals surface area contributed by atoms with E-state index in [1.807, 2.05) is 237 Å². The summed E-state index contributed by atoms with van der Waals surface area (Å²) in [6.07, 6.45) is -0.112. The number of benzene rings is 9. The largest absolute Gasteiger partial charge is 0.444 e. The summed E-state index contributed by atoms with van der Waals surface area (Å²) in [7, 11) is 0. The molecule has 9 rings (SSSR count). The highest BCUT2D eigenvalue weighted by molar-refractivity contribution is 5.80. The van der Waals surface area contributed by atoms with Crippen molar-refractivity contribution in [3.05, 3.63) is 323 Å². The minimum Gasteiger partial charge on any atom is -0.444 e. The molecule has 0 aliphatic heterocycles. The molecule has 0 bridgehead atoms. The third kappa shape index (κ3) is 8.98. The fourth-order valence-electron chi connectivity index (χ4n) is 9.42. The maximum absolute atomic E-state index is 16.0. The Morgan fingerprint density at radius 2 is 0.552 bits per heavy atom. The van der Waals surface area contributed by atoms with E-state index in [2.05, 4.69) is 41.7 Å². The van der Waals surface area contributed by atoms with Gasteiger partial charge in [-0.1, -0.05) is 273 Å². The molecule has 0 spiro atoms. The van der Waals surface area contributed by atoms with Gasteiger partial charge in [-0.25, -0.2) is 0 Å². The van der Waals surface area contributed by atoms with E-state index in [-0.39, 0.29) is 12.8 Å². The number of ether oxygens (including phenoxy) is 2. The molecule has 0 fully saturated rings. The first-order valence-corrected chi connectivity index (χ1v) is 22.8. The third-order valence-electron chi connectivity index (χ3n) is 12.5. The van der Waals surface area contributed by atoms with Gasteiger partial charge in [-0.3, -0.25) is 14.9 Å². The molecule has 9 aromatic rings. The summed E-state index contributed by atoms with van der Waals surface area (Å²) < 4.78 is 14.1. The van der Waals surface area contributed by atoms with E-state index in [1.165, 1.54) is 0 Å². The second kappa shape index (κ2) is 20.4. The zero-order chi connectivity index (χ0) is 45.8. The predicted molar refractivity (Wildman–Crippen MR) is 266 cm³/mol. The van der Waals surface area contributed by atoms with Gasteiger partial charge in [0.25, 0.3) is 0 Å². The first-order valence-electron chi connectivity index (χ1n) is 22.8. The van der Waals surface area contributed by atoms with Gasteiger partial charge in [-0.05, 0) is 23.1 Å². The molecule has 0 aliphatic rings. The number of carbonyl (C=O) groups excluding carboxylic acids is 2. The Labute approximate surface area is 393 Å². The maximum atomic E-state index is 16.0. The van der Waals surface area contributed by atoms with Crippen LogP contribution in [0.15, 0.2) is 273 Å². The van der Waals surface area contributed by atoms with Crippen LogP contribution in [0.1, 0.15) is 62.9 Å². The standard InChI is InChI=1S/C62H51NO4/c64-58(66-61(51-34-16-4-17-35-51,52-36-18-5-19-37-52)53-38-20-6-21-39-53)47-46-57(63-60(48-28-10-1-11-29-48,49-30-12-2-13-31-49)50-32-14-3-15-33-50)59(65)67-62(54-40-22-7-23-41-54,55-42-24-8-25-43-55)56-44-26-9-27-45-56/h1-45,57,63H,46-47H2. The van der Waals surface area contributed by atoms with Crippen molar-refractivity contribution in [1.82, 2.24) is 5.32 Å². The summed E-state index contributed by atoms with van der Waals surface area (Å²) >= 11 is 0. The molecule has 1 atom stereocenters. The fourth-order valence-corrected chi connectivity index (χ4v) is 9.42. The average Bonchev–Trinajstić information content (AvgIpc) is 3.42. The molecule has 0 radical (unpaired) electrons. The van der Waals surface area contributed by atoms with Gasteiger partial charge in [-0.2, -0.15) is 0 Å². The molecule has 0 aliphatic carbocycles. The zero-order valence-electron chi connectivity index (χ0n) is 37.1. The second-order valence-corrected chi connectivity index (χ2v) is 16.5. The highest BCUT2D eigenvalue weighted by Crippen LogP contribution is 2.44. The lowest BCUT2D eigenvalue weighted by Gasteiger charge is -2.41. The lowest BCUT2D eigenvalue weighted by Crippen LogP contribution is -2.54. The zero-order valence-corrected chi connectivity index (χ0v) is 37.1. The minimum atomic E-state index is -1.38. The molecule has 0 amide bonds. The van der Waals surface area contributed by atoms with Crippen LogP contribution in [-0.2, 0) is 35.8 Å². The van der Waals surface area contributed by atoms with Gasteiger partial charge < -0.3 is 9.47 Å². The van der Waals surface area contributed by atoms with E-state index in [0.717, 1.165) is 50.1 Å². The van der Waals surface area contributed by atoms with Crippen molar-refractivity contribution < 1.29 is 19.1 Å². The smallest absolute Gasteiger partial charge is 0.324 e. The molecule has 0 saturated carbocycles. The van der Waals surface area contributed by atoms with Crippen molar-refractivity contribution in [2.24, 2.45) is 0 Å². The van der Waals surface area contributed by atoms with E-state index < -0.39 is 34.7 Å². The molecule has 1 N–H and O–H groups in total. The molecule has 1 unspecified atom stereocenters. The van der Waals surface area contributed by atoms with E-state index >= 15 is 9.59 Å². The Kier molecular flexibility index (Phi) is 13.4. The van der Waals surface area contributed by atoms with Crippen LogP contribution in [0.2, 0.25) is 0 Å². The summed E-state index contributed by atoms with van der Waals surface area (Å²) in [5.74, 6) is -1.03. The normalized spacial score (nSPS) is 12.1. The molecule has 67 heavy (non-hydrogen) atoms. The van der Waals surface area contributed by atoms with Gasteiger partial charge in [0.05, 0.1) is 5.54 Å². The third-order valence-corrected chi connectivity index (χ3v) is 12.5. The van der Waals surface area contributed by atoms with Gasteiger partial charge in [-0.15, -0.1) is 0 Å². The van der Waals surface area contributed by atoms with E-state index in [4.69, 9.17) is 9.47 Å². The van der Waals surface area contributed by atoms with E-state index in [1.54, 1.807) is 0 Å². The second-order valence-electron chi connectivity index (χ2n) is 16.5. The van der Waals surface area contributed by atoms with Crippen LogP contribution in [0.25, 0.3) is 0 Å². The van der Waals surface area contributed by atoms with E-state index in [0.29, 0.717) is 0 Å². The molecule has 0 heterocycles. The van der Waals surface area contributed by atoms with Crippen molar-refractivity contribution in [2.45, 2.75) is 35.6 Å². The fraction of sp³-hybridized carbons (Fsp3) is 0.0968. The Balaban J connectivity index is 1.20. The van der Waals surface area contributed by atoms with Gasteiger partial charge in [0, 0.05) is 39.8 Å². The number of rotatable bonds is 17. The van der Waals surface area contributed by atoms with Gasteiger partial charge in [0.2, 0.25) is 0 Å². The van der Waals surface area contributed by atoms with Crippen LogP contribution in [0.3, 0.4) is 0 Å². The molecule has 5 heteroatoms. The number of hydrogen-bond acceptors (Lipinski definition) is 5. The predicted octanol–water partition coefficient (Wildman–Crippen LogP) is 12.8. The van der Waals surface area contributed by atoms with Crippen LogP contribution in [-0.4, -0.2) is 18.0 Å². The molecular weight excluding hydrogens is 823 g/mol. The van der Waals surface area contributed by atoms with Gasteiger partial charge in [0.1, 0.15) is 6.04 Å². The number of carbonyl (C=O) groups is 2. The monoisotopic (exact) mass is 873 g/mol. The summed E-state index contributed by atoms with van der Waals surface area (Å²) in [6, 6.07) is 88.4. The Bertz CT molecular complexity index is 2650. The number of esters is 2. The van der Waals surface area contributed by atoms with Crippen molar-refractivity contribution in [1.29, 1.82) is 0 Å². The van der Waals surface area contributed by atoms with E-state index in [9.17, 15) is 0 Å². The lowest BCUT2D eigenvalue weighted by atomic mass is 9.76. The molecule has 5 nitrogen and oxygen atoms in total. The first-order chi connectivity index (χ1) is 33.0. The van der Waals surface area contributed by atoms with Gasteiger partial charge >= 0.3 is 11.9 Å². The van der Waals surface area contributed by atoms with Crippen LogP contribution >= 0.6 is 0 Å². The average molecular weight is 874 g/mol. The van der Waals surface area contributed by atoms with Crippen LogP contribution in [0.4, 0.5) is 0 Å². The topological polar surface area (TPSA) is 64.6 Å². The van der Waals surface area contributed by atoms with Crippen LogP contribution in [0, 0.1) is 0 Å². The molecule has 0 aromatic heterocycles. The highest BCUT2D eigenvalue weighted by Gasteiger charge is 2.46. The molecule has 0 saturated heterocycles. The Morgan fingerprint density at radius 1 is 0.328 bits per heavy atom. The van der Waals surface area contributed by atoms with Crippen LogP contribution < -0.4 is 5.32 Å². The molecule has 328 valence electrons. The molecule has 9 aromatic carbocycles. The summed E-state index contributed by atoms with van der Waals surface area (Å²) in [4.78, 5) is 31.0. The van der Waals surface area contributed by atoms with Gasteiger partial charge in [0.15, 0.2) is 11.2 Å². The minimum absolute atomic E-state index is 0.0226. The molecular formula is C62H51NO4.